The van der Waals surface area contributed by atoms with E-state index in [1.54, 1.807) is 11.8 Å². The maximum absolute atomic E-state index is 11.5. The summed E-state index contributed by atoms with van der Waals surface area (Å²) in [5.41, 5.74) is 6.19. The van der Waals surface area contributed by atoms with Gasteiger partial charge in [0.05, 0.1) is 7.11 Å². The monoisotopic (exact) mass is 257 g/mol. The first-order valence-electron chi connectivity index (χ1n) is 5.48. The van der Waals surface area contributed by atoms with E-state index in [-0.39, 0.29) is 11.7 Å². The molecule has 1 rings (SSSR count). The Morgan fingerprint density at radius 3 is 2.76 bits per heavy atom. The molecule has 6 heteroatoms. The van der Waals surface area contributed by atoms with Crippen LogP contribution in [0, 0.1) is 6.92 Å². The maximum atomic E-state index is 11.5. The van der Waals surface area contributed by atoms with E-state index in [9.17, 15) is 4.79 Å². The molecule has 2 N–H and O–H groups in total. The van der Waals surface area contributed by atoms with Crippen LogP contribution in [0.5, 0.6) is 0 Å². The number of nitrogens with zero attached hydrogens (tertiary/aromatic N) is 2. The second-order valence-electron chi connectivity index (χ2n) is 3.77. The van der Waals surface area contributed by atoms with Gasteiger partial charge in [0, 0.05) is 11.8 Å². The molecular formula is C11H19N3O2S. The standard InChI is InChI=1S/C11H19N3O2S/c1-5-8(6-17-4)14-7(2)13-9(10(14)12)11(15)16-3/h8H,5-6,12H2,1-4H3. The summed E-state index contributed by atoms with van der Waals surface area (Å²) in [5, 5.41) is 0. The zero-order valence-corrected chi connectivity index (χ0v) is 11.5. The van der Waals surface area contributed by atoms with Crippen LogP contribution >= 0.6 is 11.8 Å². The summed E-state index contributed by atoms with van der Waals surface area (Å²) in [7, 11) is 1.33. The number of aryl methyl sites for hydroxylation is 1. The minimum absolute atomic E-state index is 0.213. The average Bonchev–Trinajstić information content (AvgIpc) is 2.61. The number of hydrogen-bond acceptors (Lipinski definition) is 5. The van der Waals surface area contributed by atoms with E-state index in [2.05, 4.69) is 16.6 Å². The maximum Gasteiger partial charge on any atom is 0.360 e. The third-order valence-corrected chi connectivity index (χ3v) is 3.42. The van der Waals surface area contributed by atoms with Gasteiger partial charge >= 0.3 is 5.97 Å². The fourth-order valence-corrected chi connectivity index (χ4v) is 2.61. The topological polar surface area (TPSA) is 70.1 Å². The van der Waals surface area contributed by atoms with Gasteiger partial charge in [-0.05, 0) is 19.6 Å². The molecule has 1 aromatic rings. The van der Waals surface area contributed by atoms with E-state index in [1.807, 2.05) is 17.7 Å². The molecule has 1 unspecified atom stereocenters. The molecule has 96 valence electrons. The van der Waals surface area contributed by atoms with E-state index in [4.69, 9.17) is 5.73 Å². The summed E-state index contributed by atoms with van der Waals surface area (Å²) in [4.78, 5) is 15.7. The van der Waals surface area contributed by atoms with Crippen molar-refractivity contribution in [1.82, 2.24) is 9.55 Å². The van der Waals surface area contributed by atoms with Gasteiger partial charge < -0.3 is 15.0 Å². The molecule has 0 radical (unpaired) electrons. The van der Waals surface area contributed by atoms with Crippen LogP contribution in [-0.2, 0) is 4.74 Å². The van der Waals surface area contributed by atoms with E-state index in [0.29, 0.717) is 5.82 Å². The van der Waals surface area contributed by atoms with Gasteiger partial charge in [0.2, 0.25) is 0 Å². The predicted octanol–water partition coefficient (Wildman–Crippen LogP) is 1.87. The molecule has 0 bridgehead atoms. The number of ether oxygens (including phenoxy) is 1. The summed E-state index contributed by atoms with van der Waals surface area (Å²) in [6.07, 6.45) is 3.00. The third-order valence-electron chi connectivity index (χ3n) is 2.70. The quantitative estimate of drug-likeness (QED) is 0.815. The molecule has 0 aliphatic carbocycles. The number of anilines is 1. The molecule has 1 heterocycles. The summed E-state index contributed by atoms with van der Waals surface area (Å²) < 4.78 is 6.58. The molecule has 0 aliphatic rings. The molecule has 1 aromatic heterocycles. The smallest absolute Gasteiger partial charge is 0.360 e. The van der Waals surface area contributed by atoms with Gasteiger partial charge in [0.1, 0.15) is 11.6 Å². The lowest BCUT2D eigenvalue weighted by atomic mass is 10.2. The highest BCUT2D eigenvalue weighted by molar-refractivity contribution is 7.98. The van der Waals surface area contributed by atoms with Crippen LogP contribution in [0.25, 0.3) is 0 Å². The molecule has 5 nitrogen and oxygen atoms in total. The number of esters is 1. The first-order valence-corrected chi connectivity index (χ1v) is 6.87. The van der Waals surface area contributed by atoms with Crippen LogP contribution in [0.15, 0.2) is 0 Å². The van der Waals surface area contributed by atoms with Gasteiger partial charge in [-0.2, -0.15) is 11.8 Å². The van der Waals surface area contributed by atoms with Crippen LogP contribution in [0.3, 0.4) is 0 Å². The Balaban J connectivity index is 3.15. The van der Waals surface area contributed by atoms with E-state index < -0.39 is 5.97 Å². The fourth-order valence-electron chi connectivity index (χ4n) is 1.84. The lowest BCUT2D eigenvalue weighted by Crippen LogP contribution is -2.15. The van der Waals surface area contributed by atoms with Crippen LogP contribution < -0.4 is 5.73 Å². The van der Waals surface area contributed by atoms with Crippen LogP contribution in [0.1, 0.15) is 35.7 Å². The van der Waals surface area contributed by atoms with Gasteiger partial charge in [0.25, 0.3) is 0 Å². The molecular weight excluding hydrogens is 238 g/mol. The van der Waals surface area contributed by atoms with E-state index in [0.717, 1.165) is 18.0 Å². The number of aromatic nitrogens is 2. The third kappa shape index (κ3) is 2.74. The minimum atomic E-state index is -0.483. The molecule has 0 amide bonds. The molecule has 17 heavy (non-hydrogen) atoms. The first kappa shape index (κ1) is 13.9. The highest BCUT2D eigenvalue weighted by Crippen LogP contribution is 2.25. The van der Waals surface area contributed by atoms with Crippen molar-refractivity contribution < 1.29 is 9.53 Å². The summed E-state index contributed by atoms with van der Waals surface area (Å²) in [6, 6.07) is 0.260. The second kappa shape index (κ2) is 5.95. The number of methoxy groups -OCH3 is 1. The van der Waals surface area contributed by atoms with Crippen molar-refractivity contribution in [1.29, 1.82) is 0 Å². The lowest BCUT2D eigenvalue weighted by molar-refractivity contribution is 0.0595. The number of hydrogen-bond donors (Lipinski definition) is 1. The number of rotatable bonds is 5. The molecule has 0 saturated carbocycles. The van der Waals surface area contributed by atoms with Crippen molar-refractivity contribution in [3.05, 3.63) is 11.5 Å². The Morgan fingerprint density at radius 1 is 1.65 bits per heavy atom. The Morgan fingerprint density at radius 2 is 2.29 bits per heavy atom. The minimum Gasteiger partial charge on any atom is -0.464 e. The van der Waals surface area contributed by atoms with Crippen molar-refractivity contribution in [3.63, 3.8) is 0 Å². The first-order chi connectivity index (χ1) is 8.06. The number of nitrogens with two attached hydrogens (primary N) is 1. The fraction of sp³-hybridized carbons (Fsp3) is 0.636. The van der Waals surface area contributed by atoms with Crippen molar-refractivity contribution in [3.8, 4) is 0 Å². The Hall–Kier alpha value is -1.17. The zero-order chi connectivity index (χ0) is 13.0. The van der Waals surface area contributed by atoms with Crippen LogP contribution in [-0.4, -0.2) is 34.6 Å². The number of imidazole rings is 1. The molecule has 1 atom stereocenters. The number of carbonyl (C=O) groups excluding carboxylic acids is 1. The van der Waals surface area contributed by atoms with Gasteiger partial charge in [0.15, 0.2) is 5.69 Å². The molecule has 0 saturated heterocycles. The van der Waals surface area contributed by atoms with Gasteiger partial charge in [-0.1, -0.05) is 6.92 Å². The van der Waals surface area contributed by atoms with E-state index >= 15 is 0 Å². The van der Waals surface area contributed by atoms with Gasteiger partial charge in [-0.3, -0.25) is 0 Å². The SMILES string of the molecule is CCC(CSC)n1c(C)nc(C(=O)OC)c1N. The molecule has 0 aliphatic heterocycles. The van der Waals surface area contributed by atoms with Crippen LogP contribution in [0.2, 0.25) is 0 Å². The molecule has 0 aromatic carbocycles. The predicted molar refractivity (Wildman–Crippen MR) is 70.4 cm³/mol. The largest absolute Gasteiger partial charge is 0.464 e. The number of carbonyl (C=O) groups is 1. The Kier molecular flexibility index (Phi) is 4.86. The normalized spacial score (nSPS) is 12.5. The number of thioether (sulfide) groups is 1. The van der Waals surface area contributed by atoms with Gasteiger partial charge in [-0.15, -0.1) is 0 Å². The van der Waals surface area contributed by atoms with Crippen molar-refractivity contribution in [2.45, 2.75) is 26.3 Å². The molecule has 0 fully saturated rings. The lowest BCUT2D eigenvalue weighted by Gasteiger charge is -2.18. The summed E-state index contributed by atoms with van der Waals surface area (Å²) >= 11 is 1.75. The van der Waals surface area contributed by atoms with Crippen molar-refractivity contribution in [2.24, 2.45) is 0 Å². The summed E-state index contributed by atoms with van der Waals surface area (Å²) in [6.45, 7) is 3.95. The second-order valence-corrected chi connectivity index (χ2v) is 4.68. The highest BCUT2D eigenvalue weighted by atomic mass is 32.2. The average molecular weight is 257 g/mol. The number of nitrogen functional groups attached to an aromatic ring is 1. The van der Waals surface area contributed by atoms with Crippen LogP contribution in [0.4, 0.5) is 5.82 Å². The van der Waals surface area contributed by atoms with Gasteiger partial charge in [-0.25, -0.2) is 9.78 Å². The van der Waals surface area contributed by atoms with E-state index in [1.165, 1.54) is 7.11 Å². The Labute approximate surface area is 106 Å². The van der Waals surface area contributed by atoms with Crippen molar-refractivity contribution in [2.75, 3.05) is 24.9 Å². The van der Waals surface area contributed by atoms with Crippen molar-refractivity contribution >= 4 is 23.5 Å². The molecule has 0 spiro atoms. The zero-order valence-electron chi connectivity index (χ0n) is 10.7. The Bertz CT molecular complexity index is 404. The highest BCUT2D eigenvalue weighted by Gasteiger charge is 2.22. The summed E-state index contributed by atoms with van der Waals surface area (Å²) in [5.74, 6) is 1.61.